The first-order valence-corrected chi connectivity index (χ1v) is 7.92. The number of ketones is 1. The molecule has 1 aromatic rings. The molecule has 18 heavy (non-hydrogen) atoms. The van der Waals surface area contributed by atoms with E-state index < -0.39 is 0 Å². The first kappa shape index (κ1) is 15.9. The summed E-state index contributed by atoms with van der Waals surface area (Å²) < 4.78 is 1.09. The molecule has 0 saturated heterocycles. The summed E-state index contributed by atoms with van der Waals surface area (Å²) in [7, 11) is 0. The van der Waals surface area contributed by atoms with Crippen LogP contribution in [-0.4, -0.2) is 10.6 Å². The highest BCUT2D eigenvalue weighted by Crippen LogP contribution is 2.25. The van der Waals surface area contributed by atoms with Crippen molar-refractivity contribution in [3.63, 3.8) is 0 Å². The number of alkyl halides is 1. The summed E-state index contributed by atoms with van der Waals surface area (Å²) >= 11 is 7.02. The maximum absolute atomic E-state index is 12.2. The summed E-state index contributed by atoms with van der Waals surface area (Å²) in [4.78, 5) is 12.1. The summed E-state index contributed by atoms with van der Waals surface area (Å²) in [5.74, 6) is 0.257. The molecule has 0 spiro atoms. The number of Topliss-reactive ketones (excluding diaryl/α,β-unsaturated/α-hetero) is 1. The van der Waals surface area contributed by atoms with Crippen LogP contribution in [0.25, 0.3) is 0 Å². The zero-order valence-electron chi connectivity index (χ0n) is 11.4. The van der Waals surface area contributed by atoms with E-state index >= 15 is 0 Å². The smallest absolute Gasteiger partial charge is 0.152 e. The Balaban J connectivity index is 2.88. The molecule has 0 amide bonds. The Bertz CT molecular complexity index is 433. The number of carbonyl (C=O) groups excluding carboxylic acids is 1. The highest BCUT2D eigenvalue weighted by molar-refractivity contribution is 9.10. The molecule has 3 heteroatoms. The number of rotatable bonds is 4. The zero-order chi connectivity index (χ0) is 13.9. The predicted molar refractivity (Wildman–Crippen MR) is 84.4 cm³/mol. The standard InChI is InChI=1S/C15H20Br2O/c1-5-10-8-12(16)7-6-11(10)9-13(17)14(18)15(2,3)4/h6-8,13H,5,9H2,1-4H3. The van der Waals surface area contributed by atoms with Crippen LogP contribution in [0.1, 0.15) is 38.8 Å². The molecule has 0 heterocycles. The number of carbonyl (C=O) groups is 1. The first-order chi connectivity index (χ1) is 8.25. The van der Waals surface area contributed by atoms with Crippen LogP contribution in [0, 0.1) is 5.41 Å². The van der Waals surface area contributed by atoms with Crippen LogP contribution in [0.4, 0.5) is 0 Å². The van der Waals surface area contributed by atoms with Crippen molar-refractivity contribution in [2.45, 2.75) is 45.4 Å². The van der Waals surface area contributed by atoms with Crippen molar-refractivity contribution in [1.29, 1.82) is 0 Å². The van der Waals surface area contributed by atoms with Gasteiger partial charge in [-0.05, 0) is 36.1 Å². The minimum atomic E-state index is -0.296. The van der Waals surface area contributed by atoms with Crippen LogP contribution >= 0.6 is 31.9 Å². The molecule has 0 aliphatic heterocycles. The third-order valence-electron chi connectivity index (χ3n) is 2.97. The quantitative estimate of drug-likeness (QED) is 0.681. The maximum Gasteiger partial charge on any atom is 0.152 e. The monoisotopic (exact) mass is 374 g/mol. The van der Waals surface area contributed by atoms with E-state index in [1.54, 1.807) is 0 Å². The summed E-state index contributed by atoms with van der Waals surface area (Å²) in [5.41, 5.74) is 2.26. The van der Waals surface area contributed by atoms with Crippen LogP contribution in [0.5, 0.6) is 0 Å². The molecule has 0 bridgehead atoms. The molecule has 1 unspecified atom stereocenters. The lowest BCUT2D eigenvalue weighted by Gasteiger charge is -2.21. The molecule has 0 fully saturated rings. The van der Waals surface area contributed by atoms with E-state index in [4.69, 9.17) is 0 Å². The average molecular weight is 376 g/mol. The molecular formula is C15H20Br2O. The molecule has 0 aliphatic carbocycles. The van der Waals surface area contributed by atoms with Gasteiger partial charge in [0.1, 0.15) is 0 Å². The number of aryl methyl sites for hydroxylation is 1. The Morgan fingerprint density at radius 3 is 2.39 bits per heavy atom. The topological polar surface area (TPSA) is 17.1 Å². The van der Waals surface area contributed by atoms with Crippen LogP contribution in [-0.2, 0) is 17.6 Å². The summed E-state index contributed by atoms with van der Waals surface area (Å²) in [6.45, 7) is 8.03. The minimum Gasteiger partial charge on any atom is -0.298 e. The van der Waals surface area contributed by atoms with Crippen molar-refractivity contribution in [3.8, 4) is 0 Å². The molecule has 0 radical (unpaired) electrons. The number of hydrogen-bond donors (Lipinski definition) is 0. The van der Waals surface area contributed by atoms with Gasteiger partial charge in [0, 0.05) is 9.89 Å². The van der Waals surface area contributed by atoms with Crippen LogP contribution in [0.2, 0.25) is 0 Å². The maximum atomic E-state index is 12.2. The van der Waals surface area contributed by atoms with E-state index in [2.05, 4.69) is 50.9 Å². The molecule has 0 aromatic heterocycles. The van der Waals surface area contributed by atoms with E-state index in [1.165, 1.54) is 11.1 Å². The van der Waals surface area contributed by atoms with Gasteiger partial charge in [0.2, 0.25) is 0 Å². The predicted octanol–water partition coefficient (Wildman–Crippen LogP) is 4.93. The van der Waals surface area contributed by atoms with E-state index in [0.29, 0.717) is 0 Å². The summed E-state index contributed by atoms with van der Waals surface area (Å²) in [6.07, 6.45) is 1.74. The molecule has 0 saturated carbocycles. The van der Waals surface area contributed by atoms with Gasteiger partial charge in [0.15, 0.2) is 5.78 Å². The van der Waals surface area contributed by atoms with Crippen molar-refractivity contribution < 1.29 is 4.79 Å². The fourth-order valence-electron chi connectivity index (χ4n) is 1.88. The molecule has 0 N–H and O–H groups in total. The highest BCUT2D eigenvalue weighted by atomic mass is 79.9. The highest BCUT2D eigenvalue weighted by Gasteiger charge is 2.28. The molecule has 1 rings (SSSR count). The zero-order valence-corrected chi connectivity index (χ0v) is 14.6. The number of halogens is 2. The van der Waals surface area contributed by atoms with E-state index in [9.17, 15) is 4.79 Å². The van der Waals surface area contributed by atoms with Gasteiger partial charge in [-0.1, -0.05) is 65.6 Å². The largest absolute Gasteiger partial charge is 0.298 e. The van der Waals surface area contributed by atoms with Gasteiger partial charge in [-0.15, -0.1) is 0 Å². The van der Waals surface area contributed by atoms with E-state index in [0.717, 1.165) is 17.3 Å². The Morgan fingerprint density at radius 2 is 1.89 bits per heavy atom. The molecule has 1 atom stereocenters. The summed E-state index contributed by atoms with van der Waals surface area (Å²) in [5, 5.41) is 0. The third kappa shape index (κ3) is 4.20. The lowest BCUT2D eigenvalue weighted by atomic mass is 9.86. The van der Waals surface area contributed by atoms with E-state index in [1.807, 2.05) is 26.8 Å². The number of benzene rings is 1. The molecule has 0 aliphatic rings. The van der Waals surface area contributed by atoms with Gasteiger partial charge in [-0.25, -0.2) is 0 Å². The Hall–Kier alpha value is -0.150. The SMILES string of the molecule is CCc1cc(Br)ccc1CC(Br)C(=O)C(C)(C)C. The average Bonchev–Trinajstić information content (AvgIpc) is 2.29. The van der Waals surface area contributed by atoms with Crippen LogP contribution in [0.3, 0.4) is 0 Å². The Kier molecular flexibility index (Phi) is 5.60. The molecule has 100 valence electrons. The van der Waals surface area contributed by atoms with Crippen molar-refractivity contribution in [2.75, 3.05) is 0 Å². The normalized spacial score (nSPS) is 13.4. The first-order valence-electron chi connectivity index (χ1n) is 6.21. The molecule has 1 aromatic carbocycles. The Morgan fingerprint density at radius 1 is 1.28 bits per heavy atom. The van der Waals surface area contributed by atoms with Gasteiger partial charge >= 0.3 is 0 Å². The molecule has 1 nitrogen and oxygen atoms in total. The van der Waals surface area contributed by atoms with Crippen molar-refractivity contribution in [2.24, 2.45) is 5.41 Å². The third-order valence-corrected chi connectivity index (χ3v) is 4.20. The Labute approximate surface area is 127 Å². The lowest BCUT2D eigenvalue weighted by Crippen LogP contribution is -2.30. The van der Waals surface area contributed by atoms with Gasteiger partial charge in [-0.2, -0.15) is 0 Å². The van der Waals surface area contributed by atoms with E-state index in [-0.39, 0.29) is 16.0 Å². The second kappa shape index (κ2) is 6.33. The van der Waals surface area contributed by atoms with Gasteiger partial charge in [0.25, 0.3) is 0 Å². The summed E-state index contributed by atoms with van der Waals surface area (Å²) in [6, 6.07) is 6.28. The van der Waals surface area contributed by atoms with Crippen LogP contribution < -0.4 is 0 Å². The van der Waals surface area contributed by atoms with Gasteiger partial charge in [0.05, 0.1) is 4.83 Å². The fourth-order valence-corrected chi connectivity index (χ4v) is 3.32. The van der Waals surface area contributed by atoms with Gasteiger partial charge in [-0.3, -0.25) is 4.79 Å². The fraction of sp³-hybridized carbons (Fsp3) is 0.533. The van der Waals surface area contributed by atoms with Crippen molar-refractivity contribution in [3.05, 3.63) is 33.8 Å². The minimum absolute atomic E-state index is 0.107. The second-order valence-electron chi connectivity index (χ2n) is 5.55. The lowest BCUT2D eigenvalue weighted by molar-refractivity contribution is -0.125. The van der Waals surface area contributed by atoms with Crippen molar-refractivity contribution >= 4 is 37.6 Å². The van der Waals surface area contributed by atoms with Gasteiger partial charge < -0.3 is 0 Å². The second-order valence-corrected chi connectivity index (χ2v) is 7.57. The molecular weight excluding hydrogens is 356 g/mol. The number of hydrogen-bond acceptors (Lipinski definition) is 1. The van der Waals surface area contributed by atoms with Crippen molar-refractivity contribution in [1.82, 2.24) is 0 Å². The van der Waals surface area contributed by atoms with Crippen LogP contribution in [0.15, 0.2) is 22.7 Å².